The third-order valence-electron chi connectivity index (χ3n) is 5.47. The van der Waals surface area contributed by atoms with Crippen molar-refractivity contribution in [3.63, 3.8) is 0 Å². The molecule has 3 aromatic carbocycles. The molecule has 0 radical (unpaired) electrons. The summed E-state index contributed by atoms with van der Waals surface area (Å²) in [7, 11) is 1.29. The van der Waals surface area contributed by atoms with Crippen LogP contribution in [0.25, 0.3) is 11.1 Å². The Hall–Kier alpha value is -4.00. The zero-order chi connectivity index (χ0) is 22.0. The van der Waals surface area contributed by atoms with E-state index >= 15 is 0 Å². The van der Waals surface area contributed by atoms with Gasteiger partial charge < -0.3 is 10.1 Å². The summed E-state index contributed by atoms with van der Waals surface area (Å²) in [6.45, 7) is 0. The number of nitrogens with one attached hydrogen (secondary N) is 1. The number of nitro groups is 1. The lowest BCUT2D eigenvalue weighted by atomic mass is 9.89. The van der Waals surface area contributed by atoms with Crippen molar-refractivity contribution in [3.05, 3.63) is 99.6 Å². The van der Waals surface area contributed by atoms with Gasteiger partial charge in [-0.15, -0.1) is 0 Å². The second kappa shape index (κ2) is 8.39. The number of methoxy groups -OCH3 is 1. The maximum atomic E-state index is 12.8. The van der Waals surface area contributed by atoms with Gasteiger partial charge >= 0.3 is 5.97 Å². The molecule has 0 aliphatic heterocycles. The quantitative estimate of drug-likeness (QED) is 0.376. The summed E-state index contributed by atoms with van der Waals surface area (Å²) < 4.78 is 5.01. The maximum absolute atomic E-state index is 12.8. The monoisotopic (exact) mass is 416 g/mol. The summed E-state index contributed by atoms with van der Waals surface area (Å²) in [6, 6.07) is 20.5. The van der Waals surface area contributed by atoms with Crippen LogP contribution in [0.5, 0.6) is 0 Å². The van der Waals surface area contributed by atoms with E-state index in [-0.39, 0.29) is 12.1 Å². The first-order valence-electron chi connectivity index (χ1n) is 9.78. The molecule has 1 atom stereocenters. The highest BCUT2D eigenvalue weighted by atomic mass is 16.6. The molecule has 31 heavy (non-hydrogen) atoms. The Kier molecular flexibility index (Phi) is 5.49. The number of esters is 1. The number of carbonyl (C=O) groups is 2. The Labute approximate surface area is 178 Å². The zero-order valence-corrected chi connectivity index (χ0v) is 16.8. The van der Waals surface area contributed by atoms with Crippen molar-refractivity contribution in [2.24, 2.45) is 0 Å². The van der Waals surface area contributed by atoms with Gasteiger partial charge in [0.2, 0.25) is 5.91 Å². The molecule has 7 heteroatoms. The predicted molar refractivity (Wildman–Crippen MR) is 114 cm³/mol. The first-order valence-corrected chi connectivity index (χ1v) is 9.78. The maximum Gasteiger partial charge on any atom is 0.329 e. The van der Waals surface area contributed by atoms with Crippen molar-refractivity contribution >= 4 is 17.6 Å². The summed E-state index contributed by atoms with van der Waals surface area (Å²) in [6.07, 6.45) is -0.0921. The number of fused-ring (bicyclic) bond motifs is 3. The van der Waals surface area contributed by atoms with Gasteiger partial charge in [0.15, 0.2) is 0 Å². The molecule has 4 rings (SSSR count). The molecule has 0 bridgehead atoms. The standard InChI is InChI=1S/C24H20N2O5/c1-31-24(28)23(25-21(27)14-15-7-6-8-16(13-15)26(29)30)22-19-11-4-2-9-17(19)18-10-3-5-12-20(18)22/h2-13,22-23H,14H2,1H3,(H,25,27)/t23-/m0/s1. The summed E-state index contributed by atoms with van der Waals surface area (Å²) in [5.41, 5.74) is 4.32. The molecular weight excluding hydrogens is 396 g/mol. The van der Waals surface area contributed by atoms with Gasteiger partial charge in [-0.2, -0.15) is 0 Å². The molecule has 7 nitrogen and oxygen atoms in total. The Bertz CT molecular complexity index is 1130. The molecule has 1 amide bonds. The van der Waals surface area contributed by atoms with E-state index in [4.69, 9.17) is 4.74 Å². The number of nitro benzene ring substituents is 1. The normalized spacial score (nSPS) is 13.1. The van der Waals surface area contributed by atoms with E-state index in [1.54, 1.807) is 6.07 Å². The third-order valence-corrected chi connectivity index (χ3v) is 5.47. The summed E-state index contributed by atoms with van der Waals surface area (Å²) in [4.78, 5) is 36.0. The molecular formula is C24H20N2O5. The van der Waals surface area contributed by atoms with Crippen LogP contribution in [0.2, 0.25) is 0 Å². The summed E-state index contributed by atoms with van der Waals surface area (Å²) in [5.74, 6) is -1.37. The van der Waals surface area contributed by atoms with Crippen LogP contribution < -0.4 is 5.32 Å². The number of benzene rings is 3. The first-order chi connectivity index (χ1) is 15.0. The highest BCUT2D eigenvalue weighted by Crippen LogP contribution is 2.46. The minimum atomic E-state index is -0.930. The molecule has 0 aromatic heterocycles. The number of hydrogen-bond acceptors (Lipinski definition) is 5. The Morgan fingerprint density at radius 3 is 2.19 bits per heavy atom. The van der Waals surface area contributed by atoms with Gasteiger partial charge in [-0.25, -0.2) is 4.79 Å². The van der Waals surface area contributed by atoms with Gasteiger partial charge in [0.25, 0.3) is 5.69 Å². The van der Waals surface area contributed by atoms with E-state index in [1.165, 1.54) is 25.3 Å². The van der Waals surface area contributed by atoms with Gasteiger partial charge in [-0.3, -0.25) is 14.9 Å². The van der Waals surface area contributed by atoms with Crippen molar-refractivity contribution in [2.75, 3.05) is 7.11 Å². The molecule has 3 aromatic rings. The average Bonchev–Trinajstić information content (AvgIpc) is 3.11. The fraction of sp³-hybridized carbons (Fsp3) is 0.167. The van der Waals surface area contributed by atoms with E-state index in [1.807, 2.05) is 48.5 Å². The minimum Gasteiger partial charge on any atom is -0.467 e. The van der Waals surface area contributed by atoms with Gasteiger partial charge in [-0.1, -0.05) is 60.7 Å². The molecule has 156 valence electrons. The Morgan fingerprint density at radius 1 is 1.00 bits per heavy atom. The molecule has 0 saturated heterocycles. The number of non-ortho nitro benzene ring substituents is 1. The number of nitrogens with zero attached hydrogens (tertiary/aromatic N) is 1. The van der Waals surface area contributed by atoms with E-state index < -0.39 is 28.8 Å². The van der Waals surface area contributed by atoms with Crippen LogP contribution in [-0.2, 0) is 20.7 Å². The molecule has 0 saturated carbocycles. The van der Waals surface area contributed by atoms with Gasteiger partial charge in [0.1, 0.15) is 6.04 Å². The summed E-state index contributed by atoms with van der Waals surface area (Å²) in [5, 5.41) is 13.8. The third kappa shape index (κ3) is 3.90. The van der Waals surface area contributed by atoms with Crippen LogP contribution in [0.3, 0.4) is 0 Å². The lowest BCUT2D eigenvalue weighted by Crippen LogP contribution is -2.46. The van der Waals surface area contributed by atoms with Crippen LogP contribution in [-0.4, -0.2) is 30.0 Å². The fourth-order valence-electron chi connectivity index (χ4n) is 4.15. The van der Waals surface area contributed by atoms with E-state index in [0.717, 1.165) is 22.3 Å². The minimum absolute atomic E-state index is 0.0894. The van der Waals surface area contributed by atoms with E-state index in [0.29, 0.717) is 5.56 Å². The van der Waals surface area contributed by atoms with Crippen LogP contribution in [0, 0.1) is 10.1 Å². The molecule has 0 heterocycles. The number of rotatable bonds is 6. The highest BCUT2D eigenvalue weighted by molar-refractivity contribution is 5.90. The number of hydrogen-bond donors (Lipinski definition) is 1. The number of ether oxygens (including phenoxy) is 1. The lowest BCUT2D eigenvalue weighted by Gasteiger charge is -2.24. The van der Waals surface area contributed by atoms with E-state index in [2.05, 4.69) is 5.32 Å². The van der Waals surface area contributed by atoms with Crippen molar-refractivity contribution in [3.8, 4) is 11.1 Å². The van der Waals surface area contributed by atoms with E-state index in [9.17, 15) is 19.7 Å². The smallest absolute Gasteiger partial charge is 0.329 e. The molecule has 0 fully saturated rings. The number of carbonyl (C=O) groups excluding carboxylic acids is 2. The van der Waals surface area contributed by atoms with Crippen molar-refractivity contribution in [2.45, 2.75) is 18.4 Å². The van der Waals surface area contributed by atoms with Crippen molar-refractivity contribution in [1.82, 2.24) is 5.32 Å². The van der Waals surface area contributed by atoms with Gasteiger partial charge in [-0.05, 0) is 27.8 Å². The highest BCUT2D eigenvalue weighted by Gasteiger charge is 2.39. The second-order valence-electron chi connectivity index (χ2n) is 7.32. The fourth-order valence-corrected chi connectivity index (χ4v) is 4.15. The molecule has 0 unspecified atom stereocenters. The first kappa shape index (κ1) is 20.3. The Morgan fingerprint density at radius 2 is 1.61 bits per heavy atom. The van der Waals surface area contributed by atoms with Crippen LogP contribution in [0.15, 0.2) is 72.8 Å². The summed E-state index contributed by atoms with van der Waals surface area (Å²) >= 11 is 0. The number of amides is 1. The van der Waals surface area contributed by atoms with Crippen LogP contribution >= 0.6 is 0 Å². The Balaban J connectivity index is 1.65. The predicted octanol–water partition coefficient (Wildman–Crippen LogP) is 3.61. The largest absolute Gasteiger partial charge is 0.467 e. The lowest BCUT2D eigenvalue weighted by molar-refractivity contribution is -0.384. The topological polar surface area (TPSA) is 98.5 Å². The zero-order valence-electron chi connectivity index (χ0n) is 16.8. The molecule has 1 aliphatic carbocycles. The molecule has 1 aliphatic rings. The SMILES string of the molecule is COC(=O)[C@@H](NC(=O)Cc1cccc([N+](=O)[O-])c1)C1c2ccccc2-c2ccccc21. The van der Waals surface area contributed by atoms with Crippen molar-refractivity contribution < 1.29 is 19.2 Å². The van der Waals surface area contributed by atoms with Crippen LogP contribution in [0.1, 0.15) is 22.6 Å². The van der Waals surface area contributed by atoms with Crippen LogP contribution in [0.4, 0.5) is 5.69 Å². The molecule has 0 spiro atoms. The van der Waals surface area contributed by atoms with Gasteiger partial charge in [0.05, 0.1) is 18.5 Å². The second-order valence-corrected chi connectivity index (χ2v) is 7.32. The van der Waals surface area contributed by atoms with Gasteiger partial charge in [0, 0.05) is 18.1 Å². The van der Waals surface area contributed by atoms with Crippen molar-refractivity contribution in [1.29, 1.82) is 0 Å². The average molecular weight is 416 g/mol. The molecule has 1 N–H and O–H groups in total.